The van der Waals surface area contributed by atoms with Crippen molar-refractivity contribution in [1.29, 1.82) is 0 Å². The highest BCUT2D eigenvalue weighted by molar-refractivity contribution is 5.48. The highest BCUT2D eigenvalue weighted by Crippen LogP contribution is 2.18. The SMILES string of the molecule is CCCOc1cccc(NCc2cncn2C)c1. The van der Waals surface area contributed by atoms with Crippen LogP contribution in [0.5, 0.6) is 5.75 Å². The predicted octanol–water partition coefficient (Wildman–Crippen LogP) is 2.82. The van der Waals surface area contributed by atoms with Gasteiger partial charge in [0.1, 0.15) is 5.75 Å². The Bertz CT molecular complexity index is 493. The third kappa shape index (κ3) is 3.26. The number of nitrogens with zero attached hydrogens (tertiary/aromatic N) is 2. The summed E-state index contributed by atoms with van der Waals surface area (Å²) in [6, 6.07) is 8.03. The molecular weight excluding hydrogens is 226 g/mol. The van der Waals surface area contributed by atoms with Crippen molar-refractivity contribution in [3.05, 3.63) is 42.5 Å². The second-order valence-corrected chi connectivity index (χ2v) is 4.23. The summed E-state index contributed by atoms with van der Waals surface area (Å²) in [6.45, 7) is 3.61. The van der Waals surface area contributed by atoms with Gasteiger partial charge in [0.2, 0.25) is 0 Å². The highest BCUT2D eigenvalue weighted by Gasteiger charge is 1.99. The van der Waals surface area contributed by atoms with Crippen molar-refractivity contribution >= 4 is 5.69 Å². The number of hydrogen-bond donors (Lipinski definition) is 1. The molecule has 0 aliphatic heterocycles. The smallest absolute Gasteiger partial charge is 0.121 e. The molecule has 0 spiro atoms. The number of imidazole rings is 1. The van der Waals surface area contributed by atoms with E-state index in [4.69, 9.17) is 4.74 Å². The molecule has 96 valence electrons. The van der Waals surface area contributed by atoms with Crippen molar-refractivity contribution in [2.45, 2.75) is 19.9 Å². The van der Waals surface area contributed by atoms with Gasteiger partial charge in [-0.25, -0.2) is 4.98 Å². The van der Waals surface area contributed by atoms with Gasteiger partial charge in [-0.1, -0.05) is 13.0 Å². The lowest BCUT2D eigenvalue weighted by molar-refractivity contribution is 0.317. The van der Waals surface area contributed by atoms with Crippen LogP contribution in [0, 0.1) is 0 Å². The number of aromatic nitrogens is 2. The number of benzene rings is 1. The Morgan fingerprint density at radius 2 is 2.28 bits per heavy atom. The van der Waals surface area contributed by atoms with Crippen molar-refractivity contribution in [3.63, 3.8) is 0 Å². The second-order valence-electron chi connectivity index (χ2n) is 4.23. The first-order chi connectivity index (χ1) is 8.79. The van der Waals surface area contributed by atoms with E-state index in [-0.39, 0.29) is 0 Å². The summed E-state index contributed by atoms with van der Waals surface area (Å²) in [5.74, 6) is 0.909. The van der Waals surface area contributed by atoms with E-state index in [1.54, 1.807) is 6.33 Å². The molecule has 1 aromatic heterocycles. The Kier molecular flexibility index (Phi) is 4.23. The minimum Gasteiger partial charge on any atom is -0.494 e. The molecule has 0 saturated heterocycles. The zero-order valence-corrected chi connectivity index (χ0v) is 10.9. The summed E-state index contributed by atoms with van der Waals surface area (Å²) in [4.78, 5) is 4.09. The first kappa shape index (κ1) is 12.5. The fourth-order valence-electron chi connectivity index (χ4n) is 1.66. The van der Waals surface area contributed by atoms with Crippen molar-refractivity contribution in [1.82, 2.24) is 9.55 Å². The summed E-state index contributed by atoms with van der Waals surface area (Å²) in [5, 5.41) is 3.36. The second kappa shape index (κ2) is 6.10. The topological polar surface area (TPSA) is 39.1 Å². The summed E-state index contributed by atoms with van der Waals surface area (Å²) in [7, 11) is 1.99. The molecule has 0 aliphatic carbocycles. The molecule has 0 bridgehead atoms. The van der Waals surface area contributed by atoms with Gasteiger partial charge in [-0.3, -0.25) is 0 Å². The lowest BCUT2D eigenvalue weighted by Gasteiger charge is -2.09. The molecule has 0 unspecified atom stereocenters. The molecule has 0 atom stereocenters. The molecule has 0 saturated carbocycles. The summed E-state index contributed by atoms with van der Waals surface area (Å²) in [5.41, 5.74) is 2.21. The van der Waals surface area contributed by atoms with Gasteiger partial charge in [0.25, 0.3) is 0 Å². The van der Waals surface area contributed by atoms with Crippen molar-refractivity contribution in [3.8, 4) is 5.75 Å². The summed E-state index contributed by atoms with van der Waals surface area (Å²) in [6.07, 6.45) is 4.69. The maximum atomic E-state index is 5.60. The van der Waals surface area contributed by atoms with Crippen molar-refractivity contribution < 1.29 is 4.74 Å². The third-order valence-corrected chi connectivity index (χ3v) is 2.70. The number of anilines is 1. The van der Waals surface area contributed by atoms with Gasteiger partial charge in [0.05, 0.1) is 25.2 Å². The minimum atomic E-state index is 0.755. The van der Waals surface area contributed by atoms with Gasteiger partial charge >= 0.3 is 0 Å². The maximum Gasteiger partial charge on any atom is 0.121 e. The Morgan fingerprint density at radius 1 is 1.39 bits per heavy atom. The number of nitrogens with one attached hydrogen (secondary N) is 1. The lowest BCUT2D eigenvalue weighted by atomic mass is 10.3. The molecule has 4 nitrogen and oxygen atoms in total. The zero-order valence-electron chi connectivity index (χ0n) is 10.9. The summed E-state index contributed by atoms with van der Waals surface area (Å²) < 4.78 is 7.60. The van der Waals surface area contributed by atoms with Crippen LogP contribution in [-0.4, -0.2) is 16.2 Å². The van der Waals surface area contributed by atoms with Gasteiger partial charge in [-0.15, -0.1) is 0 Å². The van der Waals surface area contributed by atoms with E-state index < -0.39 is 0 Å². The molecule has 18 heavy (non-hydrogen) atoms. The molecule has 0 fully saturated rings. The van der Waals surface area contributed by atoms with E-state index in [1.165, 1.54) is 0 Å². The first-order valence-corrected chi connectivity index (χ1v) is 6.21. The molecule has 0 radical (unpaired) electrons. The molecule has 1 aromatic carbocycles. The Labute approximate surface area is 108 Å². The fourth-order valence-corrected chi connectivity index (χ4v) is 1.66. The van der Waals surface area contributed by atoms with Crippen molar-refractivity contribution in [2.75, 3.05) is 11.9 Å². The van der Waals surface area contributed by atoms with Crippen LogP contribution in [0.2, 0.25) is 0 Å². The number of ether oxygens (including phenoxy) is 1. The average Bonchev–Trinajstić information content (AvgIpc) is 2.80. The molecule has 2 rings (SSSR count). The molecule has 4 heteroatoms. The molecule has 0 aliphatic rings. The number of aryl methyl sites for hydroxylation is 1. The van der Waals surface area contributed by atoms with E-state index in [1.807, 2.05) is 42.1 Å². The van der Waals surface area contributed by atoms with Gasteiger partial charge in [-0.2, -0.15) is 0 Å². The van der Waals surface area contributed by atoms with Crippen LogP contribution in [0.25, 0.3) is 0 Å². The quantitative estimate of drug-likeness (QED) is 0.850. The Hall–Kier alpha value is -1.97. The largest absolute Gasteiger partial charge is 0.494 e. The van der Waals surface area contributed by atoms with Crippen LogP contribution in [0.15, 0.2) is 36.8 Å². The first-order valence-electron chi connectivity index (χ1n) is 6.21. The van der Waals surface area contributed by atoms with Crippen LogP contribution >= 0.6 is 0 Å². The van der Waals surface area contributed by atoms with E-state index in [0.717, 1.165) is 36.7 Å². The van der Waals surface area contributed by atoms with Gasteiger partial charge in [0.15, 0.2) is 0 Å². The highest BCUT2D eigenvalue weighted by atomic mass is 16.5. The molecule has 1 N–H and O–H groups in total. The van der Waals surface area contributed by atoms with Crippen molar-refractivity contribution in [2.24, 2.45) is 7.05 Å². The number of hydrogen-bond acceptors (Lipinski definition) is 3. The zero-order chi connectivity index (χ0) is 12.8. The normalized spacial score (nSPS) is 10.3. The maximum absolute atomic E-state index is 5.60. The van der Waals surface area contributed by atoms with Gasteiger partial charge in [0, 0.05) is 25.0 Å². The number of rotatable bonds is 6. The van der Waals surface area contributed by atoms with E-state index in [9.17, 15) is 0 Å². The van der Waals surface area contributed by atoms with E-state index in [0.29, 0.717) is 0 Å². The Balaban J connectivity index is 1.95. The van der Waals surface area contributed by atoms with Crippen LogP contribution in [0.1, 0.15) is 19.0 Å². The van der Waals surface area contributed by atoms with E-state index in [2.05, 4.69) is 17.2 Å². The van der Waals surface area contributed by atoms with Gasteiger partial charge in [-0.05, 0) is 18.6 Å². The van der Waals surface area contributed by atoms with Gasteiger partial charge < -0.3 is 14.6 Å². The van der Waals surface area contributed by atoms with E-state index >= 15 is 0 Å². The molecule has 2 aromatic rings. The molecule has 0 amide bonds. The van der Waals surface area contributed by atoms with Crippen LogP contribution < -0.4 is 10.1 Å². The predicted molar refractivity (Wildman–Crippen MR) is 72.8 cm³/mol. The standard InChI is InChI=1S/C14H19N3O/c1-3-7-18-14-6-4-5-12(8-14)16-10-13-9-15-11-17(13)2/h4-6,8-9,11,16H,3,7,10H2,1-2H3. The molecule has 1 heterocycles. The third-order valence-electron chi connectivity index (χ3n) is 2.70. The van der Waals surface area contributed by atoms with Crippen LogP contribution in [0.4, 0.5) is 5.69 Å². The minimum absolute atomic E-state index is 0.755. The molecular formula is C14H19N3O. The summed E-state index contributed by atoms with van der Waals surface area (Å²) >= 11 is 0. The lowest BCUT2D eigenvalue weighted by Crippen LogP contribution is -2.04. The fraction of sp³-hybridized carbons (Fsp3) is 0.357. The van der Waals surface area contributed by atoms with Crippen LogP contribution in [-0.2, 0) is 13.6 Å². The average molecular weight is 245 g/mol. The van der Waals surface area contributed by atoms with Crippen LogP contribution in [0.3, 0.4) is 0 Å². The Morgan fingerprint density at radius 3 is 3.00 bits per heavy atom. The monoisotopic (exact) mass is 245 g/mol.